The Labute approximate surface area is 196 Å². The van der Waals surface area contributed by atoms with Crippen LogP contribution in [0, 0.1) is 11.8 Å². The van der Waals surface area contributed by atoms with Gasteiger partial charge in [0.15, 0.2) is 5.58 Å². The Kier molecular flexibility index (Phi) is 6.20. The van der Waals surface area contributed by atoms with Crippen LogP contribution in [0.3, 0.4) is 0 Å². The van der Waals surface area contributed by atoms with E-state index >= 15 is 0 Å². The van der Waals surface area contributed by atoms with Gasteiger partial charge < -0.3 is 23.5 Å². The molecule has 5 rings (SSSR count). The lowest BCUT2D eigenvalue weighted by Crippen LogP contribution is -2.33. The number of methoxy groups -OCH3 is 1. The van der Waals surface area contributed by atoms with E-state index in [4.69, 9.17) is 13.6 Å². The zero-order valence-corrected chi connectivity index (χ0v) is 19.0. The van der Waals surface area contributed by atoms with Gasteiger partial charge in [0.25, 0.3) is 5.91 Å². The fraction of sp³-hybridized carbons (Fsp3) is 0.346. The summed E-state index contributed by atoms with van der Waals surface area (Å²) in [6.45, 7) is 0.952. The lowest BCUT2D eigenvalue weighted by Gasteiger charge is -2.27. The minimum atomic E-state index is -0.159. The van der Waals surface area contributed by atoms with Crippen molar-refractivity contribution >= 4 is 23.0 Å². The van der Waals surface area contributed by atoms with Crippen LogP contribution >= 0.6 is 0 Å². The number of aromatic nitrogens is 2. The smallest absolute Gasteiger partial charge is 0.308 e. The summed E-state index contributed by atoms with van der Waals surface area (Å²) in [6.07, 6.45) is 6.62. The molecule has 0 radical (unpaired) electrons. The van der Waals surface area contributed by atoms with Crippen molar-refractivity contribution in [2.75, 3.05) is 13.7 Å². The largest absolute Gasteiger partial charge is 0.469 e. The normalized spacial score (nSPS) is 18.1. The lowest BCUT2D eigenvalue weighted by molar-refractivity contribution is -0.146. The maximum absolute atomic E-state index is 13.1. The SMILES string of the molecule is COC(=O)[C@H]1CC[C@H](CNC(=O)c2cc3occc3n2Cc2coc(-c3ccccc3)n2)CC1. The Morgan fingerprint density at radius 1 is 1.12 bits per heavy atom. The van der Waals surface area contributed by atoms with Gasteiger partial charge in [0.2, 0.25) is 5.89 Å². The fourth-order valence-corrected chi connectivity index (χ4v) is 4.69. The van der Waals surface area contributed by atoms with Gasteiger partial charge in [-0.25, -0.2) is 4.98 Å². The minimum absolute atomic E-state index is 0.0238. The van der Waals surface area contributed by atoms with Crippen LogP contribution in [-0.4, -0.2) is 35.1 Å². The molecule has 4 aromatic rings. The van der Waals surface area contributed by atoms with E-state index < -0.39 is 0 Å². The highest BCUT2D eigenvalue weighted by molar-refractivity contribution is 5.97. The van der Waals surface area contributed by atoms with Gasteiger partial charge in [0, 0.05) is 24.2 Å². The first-order valence-electron chi connectivity index (χ1n) is 11.5. The molecule has 176 valence electrons. The first kappa shape index (κ1) is 22.0. The molecule has 1 N–H and O–H groups in total. The number of amides is 1. The third-order valence-electron chi connectivity index (χ3n) is 6.58. The first-order chi connectivity index (χ1) is 16.6. The number of esters is 1. The Balaban J connectivity index is 1.27. The van der Waals surface area contributed by atoms with E-state index in [1.807, 2.05) is 41.0 Å². The highest BCUT2D eigenvalue weighted by Crippen LogP contribution is 2.29. The molecular weight excluding hydrogens is 434 g/mol. The number of hydrogen-bond acceptors (Lipinski definition) is 6. The Hall–Kier alpha value is -3.81. The minimum Gasteiger partial charge on any atom is -0.469 e. The van der Waals surface area contributed by atoms with Crippen LogP contribution in [0.1, 0.15) is 41.9 Å². The van der Waals surface area contributed by atoms with E-state index in [0.29, 0.717) is 41.9 Å². The fourth-order valence-electron chi connectivity index (χ4n) is 4.69. The van der Waals surface area contributed by atoms with E-state index in [-0.39, 0.29) is 17.8 Å². The number of ether oxygens (including phenoxy) is 1. The molecular formula is C26H27N3O5. The summed E-state index contributed by atoms with van der Waals surface area (Å²) < 4.78 is 18.0. The average Bonchev–Trinajstić information content (AvgIpc) is 3.61. The monoisotopic (exact) mass is 461 g/mol. The molecule has 8 nitrogen and oxygen atoms in total. The molecule has 1 aliphatic carbocycles. The summed E-state index contributed by atoms with van der Waals surface area (Å²) in [5, 5.41) is 3.07. The summed E-state index contributed by atoms with van der Waals surface area (Å²) in [5.41, 5.74) is 3.60. The Morgan fingerprint density at radius 3 is 2.68 bits per heavy atom. The molecule has 1 aliphatic rings. The van der Waals surface area contributed by atoms with Crippen LogP contribution in [0.15, 0.2) is 63.8 Å². The van der Waals surface area contributed by atoms with Crippen LogP contribution in [0.25, 0.3) is 22.6 Å². The molecule has 8 heteroatoms. The van der Waals surface area contributed by atoms with Crippen molar-refractivity contribution in [2.45, 2.75) is 32.2 Å². The maximum atomic E-state index is 13.1. The summed E-state index contributed by atoms with van der Waals surface area (Å²) in [6, 6.07) is 13.3. The Morgan fingerprint density at radius 2 is 1.91 bits per heavy atom. The van der Waals surface area contributed by atoms with Gasteiger partial charge >= 0.3 is 5.97 Å². The molecule has 0 aliphatic heterocycles. The van der Waals surface area contributed by atoms with Crippen molar-refractivity contribution in [3.63, 3.8) is 0 Å². The van der Waals surface area contributed by atoms with Crippen molar-refractivity contribution in [3.8, 4) is 11.5 Å². The zero-order chi connectivity index (χ0) is 23.5. The predicted molar refractivity (Wildman–Crippen MR) is 125 cm³/mol. The van der Waals surface area contributed by atoms with E-state index in [1.54, 1.807) is 18.6 Å². The number of carbonyl (C=O) groups excluding carboxylic acids is 2. The number of carbonyl (C=O) groups is 2. The van der Waals surface area contributed by atoms with E-state index in [1.165, 1.54) is 7.11 Å². The molecule has 3 heterocycles. The van der Waals surface area contributed by atoms with Crippen molar-refractivity contribution in [1.29, 1.82) is 0 Å². The number of nitrogens with zero attached hydrogens (tertiary/aromatic N) is 2. The standard InChI is InChI=1S/C26H27N3O5/c1-32-26(31)19-9-7-17(8-10-19)14-27-24(30)22-13-23-21(11-12-33-23)29(22)15-20-16-34-25(28-20)18-5-3-2-4-6-18/h2-6,11-13,16-17,19H,7-10,14-15H2,1H3,(H,27,30)/t17-,19-. The number of benzene rings is 1. The van der Waals surface area contributed by atoms with Crippen molar-refractivity contribution in [3.05, 3.63) is 66.4 Å². The van der Waals surface area contributed by atoms with Crippen LogP contribution in [-0.2, 0) is 16.1 Å². The quantitative estimate of drug-likeness (QED) is 0.402. The second kappa shape index (κ2) is 9.59. The van der Waals surface area contributed by atoms with E-state index in [2.05, 4.69) is 10.3 Å². The van der Waals surface area contributed by atoms with E-state index in [9.17, 15) is 9.59 Å². The highest BCUT2D eigenvalue weighted by Gasteiger charge is 2.27. The third-order valence-corrected chi connectivity index (χ3v) is 6.58. The summed E-state index contributed by atoms with van der Waals surface area (Å²) in [5.74, 6) is 0.573. The van der Waals surface area contributed by atoms with Crippen molar-refractivity contribution < 1.29 is 23.2 Å². The number of oxazole rings is 1. The Bertz CT molecular complexity index is 1280. The van der Waals surface area contributed by atoms with Gasteiger partial charge in [-0.2, -0.15) is 0 Å². The second-order valence-electron chi connectivity index (χ2n) is 8.75. The molecule has 0 unspecified atom stereocenters. The summed E-state index contributed by atoms with van der Waals surface area (Å²) in [7, 11) is 1.43. The average molecular weight is 462 g/mol. The van der Waals surface area contributed by atoms with Gasteiger partial charge in [0.1, 0.15) is 12.0 Å². The first-order valence-corrected chi connectivity index (χ1v) is 11.5. The maximum Gasteiger partial charge on any atom is 0.308 e. The summed E-state index contributed by atoms with van der Waals surface area (Å²) in [4.78, 5) is 29.5. The van der Waals surface area contributed by atoms with Gasteiger partial charge in [-0.05, 0) is 43.7 Å². The topological polar surface area (TPSA) is 99.5 Å². The van der Waals surface area contributed by atoms with Crippen LogP contribution < -0.4 is 5.32 Å². The molecule has 0 atom stereocenters. The number of rotatable bonds is 7. The molecule has 1 saturated carbocycles. The number of furan rings is 1. The number of hydrogen-bond donors (Lipinski definition) is 1. The van der Waals surface area contributed by atoms with Crippen LogP contribution in [0.4, 0.5) is 0 Å². The molecule has 1 amide bonds. The number of nitrogens with one attached hydrogen (secondary N) is 1. The molecule has 0 bridgehead atoms. The second-order valence-corrected chi connectivity index (χ2v) is 8.75. The van der Waals surface area contributed by atoms with Gasteiger partial charge in [0.05, 0.1) is 37.0 Å². The lowest BCUT2D eigenvalue weighted by atomic mass is 9.82. The van der Waals surface area contributed by atoms with Crippen molar-refractivity contribution in [2.24, 2.45) is 11.8 Å². The molecule has 3 aromatic heterocycles. The van der Waals surface area contributed by atoms with Gasteiger partial charge in [-0.3, -0.25) is 9.59 Å². The molecule has 1 fully saturated rings. The highest BCUT2D eigenvalue weighted by atomic mass is 16.5. The van der Waals surface area contributed by atoms with Crippen LogP contribution in [0.2, 0.25) is 0 Å². The zero-order valence-electron chi connectivity index (χ0n) is 19.0. The summed E-state index contributed by atoms with van der Waals surface area (Å²) >= 11 is 0. The third kappa shape index (κ3) is 4.48. The van der Waals surface area contributed by atoms with Gasteiger partial charge in [-0.15, -0.1) is 0 Å². The predicted octanol–water partition coefficient (Wildman–Crippen LogP) is 4.65. The molecule has 0 spiro atoms. The van der Waals surface area contributed by atoms with Crippen LogP contribution in [0.5, 0.6) is 0 Å². The molecule has 1 aromatic carbocycles. The van der Waals surface area contributed by atoms with Gasteiger partial charge in [-0.1, -0.05) is 18.2 Å². The van der Waals surface area contributed by atoms with E-state index in [0.717, 1.165) is 36.8 Å². The number of fused-ring (bicyclic) bond motifs is 1. The van der Waals surface area contributed by atoms with Crippen molar-refractivity contribution in [1.82, 2.24) is 14.9 Å². The molecule has 34 heavy (non-hydrogen) atoms. The molecule has 0 saturated heterocycles.